The van der Waals surface area contributed by atoms with Crippen molar-refractivity contribution in [2.45, 2.75) is 19.9 Å². The van der Waals surface area contributed by atoms with Crippen LogP contribution >= 0.6 is 7.14 Å². The van der Waals surface area contributed by atoms with Crippen molar-refractivity contribution in [3.05, 3.63) is 53.2 Å². The molecule has 0 aliphatic carbocycles. The van der Waals surface area contributed by atoms with Crippen LogP contribution in [0.2, 0.25) is 0 Å². The van der Waals surface area contributed by atoms with Crippen LogP contribution in [0.3, 0.4) is 0 Å². The normalized spacial score (nSPS) is 13.7. The van der Waals surface area contributed by atoms with Gasteiger partial charge in [-0.15, -0.1) is 10.2 Å². The van der Waals surface area contributed by atoms with E-state index < -0.39 is 13.0 Å². The number of nitrogens with two attached hydrogens (primary N) is 1. The van der Waals surface area contributed by atoms with Crippen molar-refractivity contribution in [3.8, 4) is 5.75 Å². The molecular formula is C24H30N7O3P. The van der Waals surface area contributed by atoms with Gasteiger partial charge in [-0.25, -0.2) is 0 Å². The Bertz CT molecular complexity index is 1310. The van der Waals surface area contributed by atoms with Crippen LogP contribution in [0.1, 0.15) is 28.5 Å². The van der Waals surface area contributed by atoms with Crippen molar-refractivity contribution in [2.75, 3.05) is 44.2 Å². The Hall–Kier alpha value is -3.49. The number of nitrogens with one attached hydrogen (secondary N) is 2. The lowest BCUT2D eigenvalue weighted by Gasteiger charge is -2.28. The van der Waals surface area contributed by atoms with Crippen LogP contribution in [0.25, 0.3) is 0 Å². The van der Waals surface area contributed by atoms with E-state index in [-0.39, 0.29) is 17.5 Å². The number of hydrogen-bond donors (Lipinski definition) is 3. The summed E-state index contributed by atoms with van der Waals surface area (Å²) >= 11 is 0. The number of nitrogens with zero attached hydrogens (tertiary/aromatic N) is 4. The standard InChI is InChI=1S/C24H30N7O3P/c1-5-31-11-10-15-13-19(34-2)18(12-16(15)14-31)27-24-28-23(21(22(25)32)29-30-24)26-17-8-6-7-9-20(17)35(3,4)33/h6-9,12-13H,5,10-11,14H2,1-4H3,(H2,25,32)(H2,26,27,28,30). The lowest BCUT2D eigenvalue weighted by Crippen LogP contribution is -2.30. The number of aromatic nitrogens is 3. The summed E-state index contributed by atoms with van der Waals surface area (Å²) in [7, 11) is -0.995. The summed E-state index contributed by atoms with van der Waals surface area (Å²) in [6, 6.07) is 11.2. The Morgan fingerprint density at radius 1 is 1.14 bits per heavy atom. The zero-order valence-electron chi connectivity index (χ0n) is 20.3. The average molecular weight is 496 g/mol. The van der Waals surface area contributed by atoms with Gasteiger partial charge in [0.2, 0.25) is 5.95 Å². The van der Waals surface area contributed by atoms with Crippen LogP contribution in [0.15, 0.2) is 36.4 Å². The molecule has 0 spiro atoms. The van der Waals surface area contributed by atoms with E-state index in [1.54, 1.807) is 38.6 Å². The number of fused-ring (bicyclic) bond motifs is 1. The maximum atomic E-state index is 12.8. The summed E-state index contributed by atoms with van der Waals surface area (Å²) in [5.41, 5.74) is 9.10. The molecule has 0 fully saturated rings. The number of para-hydroxylation sites is 1. The molecule has 1 aromatic heterocycles. The summed E-state index contributed by atoms with van der Waals surface area (Å²) in [6.07, 6.45) is 0.956. The number of ether oxygens (including phenoxy) is 1. The van der Waals surface area contributed by atoms with E-state index in [2.05, 4.69) is 37.6 Å². The van der Waals surface area contributed by atoms with Gasteiger partial charge in [-0.1, -0.05) is 19.1 Å². The molecule has 0 unspecified atom stereocenters. The second-order valence-corrected chi connectivity index (χ2v) is 11.9. The number of likely N-dealkylation sites (N-methyl/N-ethyl adjacent to an activating group) is 1. The molecule has 2 heterocycles. The topological polar surface area (TPSA) is 135 Å². The molecular weight excluding hydrogens is 465 g/mol. The number of anilines is 4. The molecule has 0 bridgehead atoms. The number of carbonyl (C=O) groups excluding carboxylic acids is 1. The van der Waals surface area contributed by atoms with Gasteiger partial charge in [0.15, 0.2) is 11.5 Å². The molecule has 0 radical (unpaired) electrons. The zero-order valence-corrected chi connectivity index (χ0v) is 21.2. The van der Waals surface area contributed by atoms with Gasteiger partial charge in [0.25, 0.3) is 5.91 Å². The summed E-state index contributed by atoms with van der Waals surface area (Å²) < 4.78 is 18.4. The van der Waals surface area contributed by atoms with E-state index in [0.717, 1.165) is 26.1 Å². The predicted octanol–water partition coefficient (Wildman–Crippen LogP) is 3.09. The second-order valence-electron chi connectivity index (χ2n) is 8.75. The van der Waals surface area contributed by atoms with E-state index in [0.29, 0.717) is 22.4 Å². The van der Waals surface area contributed by atoms with Crippen LogP contribution in [0.5, 0.6) is 5.75 Å². The number of hydrogen-bond acceptors (Lipinski definition) is 9. The Kier molecular flexibility index (Phi) is 7.05. The van der Waals surface area contributed by atoms with Crippen molar-refractivity contribution in [1.82, 2.24) is 20.1 Å². The minimum absolute atomic E-state index is 0.116. The largest absolute Gasteiger partial charge is 0.495 e. The van der Waals surface area contributed by atoms with Crippen LogP contribution < -0.4 is 26.4 Å². The summed E-state index contributed by atoms with van der Waals surface area (Å²) in [4.78, 5) is 18.9. The van der Waals surface area contributed by atoms with Gasteiger partial charge in [0.05, 0.1) is 18.5 Å². The van der Waals surface area contributed by atoms with E-state index in [4.69, 9.17) is 10.5 Å². The van der Waals surface area contributed by atoms with E-state index in [1.165, 1.54) is 11.1 Å². The highest BCUT2D eigenvalue weighted by Gasteiger charge is 2.22. The highest BCUT2D eigenvalue weighted by molar-refractivity contribution is 7.70. The van der Waals surface area contributed by atoms with E-state index in [9.17, 15) is 9.36 Å². The van der Waals surface area contributed by atoms with E-state index >= 15 is 0 Å². The molecule has 1 amide bonds. The number of carbonyl (C=O) groups is 1. The van der Waals surface area contributed by atoms with Gasteiger partial charge in [0, 0.05) is 18.4 Å². The summed E-state index contributed by atoms with van der Waals surface area (Å²) in [5, 5.41) is 14.9. The van der Waals surface area contributed by atoms with Gasteiger partial charge in [-0.2, -0.15) is 4.98 Å². The van der Waals surface area contributed by atoms with Crippen LogP contribution in [0, 0.1) is 0 Å². The SMILES string of the molecule is CCN1CCc2cc(OC)c(Nc3nnc(C(N)=O)c(Nc4ccccc4P(C)(C)=O)n3)cc2C1. The molecule has 10 nitrogen and oxygen atoms in total. The van der Waals surface area contributed by atoms with Crippen molar-refractivity contribution >= 4 is 41.5 Å². The van der Waals surface area contributed by atoms with Crippen molar-refractivity contribution < 1.29 is 14.1 Å². The fraction of sp³-hybridized carbons (Fsp3) is 0.333. The minimum Gasteiger partial charge on any atom is -0.495 e. The van der Waals surface area contributed by atoms with Crippen LogP contribution in [-0.2, 0) is 17.5 Å². The van der Waals surface area contributed by atoms with Crippen molar-refractivity contribution in [3.63, 3.8) is 0 Å². The van der Waals surface area contributed by atoms with Crippen molar-refractivity contribution in [2.24, 2.45) is 5.73 Å². The Morgan fingerprint density at radius 2 is 1.91 bits per heavy atom. The Morgan fingerprint density at radius 3 is 2.60 bits per heavy atom. The van der Waals surface area contributed by atoms with Gasteiger partial charge >= 0.3 is 0 Å². The Labute approximate surface area is 204 Å². The predicted molar refractivity (Wildman–Crippen MR) is 138 cm³/mol. The van der Waals surface area contributed by atoms with Gasteiger partial charge in [0.1, 0.15) is 12.9 Å². The monoisotopic (exact) mass is 495 g/mol. The molecule has 184 valence electrons. The molecule has 4 N–H and O–H groups in total. The summed E-state index contributed by atoms with van der Waals surface area (Å²) in [5.74, 6) is 0.158. The molecule has 1 aliphatic rings. The molecule has 0 saturated heterocycles. The molecule has 35 heavy (non-hydrogen) atoms. The third-order valence-corrected chi connectivity index (χ3v) is 7.51. The smallest absolute Gasteiger partial charge is 0.273 e. The lowest BCUT2D eigenvalue weighted by atomic mass is 9.98. The third kappa shape index (κ3) is 5.44. The van der Waals surface area contributed by atoms with Crippen LogP contribution in [0.4, 0.5) is 23.1 Å². The fourth-order valence-electron chi connectivity index (χ4n) is 4.11. The molecule has 4 rings (SSSR count). The third-order valence-electron chi connectivity index (χ3n) is 5.96. The lowest BCUT2D eigenvalue weighted by molar-refractivity contribution is 0.0995. The highest BCUT2D eigenvalue weighted by Crippen LogP contribution is 2.38. The maximum Gasteiger partial charge on any atom is 0.273 e. The van der Waals surface area contributed by atoms with Crippen molar-refractivity contribution in [1.29, 1.82) is 0 Å². The fourth-order valence-corrected chi connectivity index (χ4v) is 5.27. The molecule has 2 aromatic carbocycles. The maximum absolute atomic E-state index is 12.8. The summed E-state index contributed by atoms with van der Waals surface area (Å²) in [6.45, 7) is 8.35. The first-order valence-corrected chi connectivity index (χ1v) is 13.9. The van der Waals surface area contributed by atoms with Gasteiger partial charge in [-0.05, 0) is 61.7 Å². The number of rotatable bonds is 8. The molecule has 3 aromatic rings. The minimum atomic E-state index is -2.61. The number of benzene rings is 2. The molecule has 1 aliphatic heterocycles. The first-order valence-electron chi connectivity index (χ1n) is 11.3. The highest BCUT2D eigenvalue weighted by atomic mass is 31.2. The van der Waals surface area contributed by atoms with Gasteiger partial charge in [-0.3, -0.25) is 9.69 Å². The number of amides is 1. The van der Waals surface area contributed by atoms with Gasteiger partial charge < -0.3 is 25.7 Å². The molecule has 0 saturated carbocycles. The number of primary amides is 1. The van der Waals surface area contributed by atoms with Crippen LogP contribution in [-0.4, -0.2) is 59.5 Å². The van der Waals surface area contributed by atoms with E-state index in [1.807, 2.05) is 18.2 Å². The quantitative estimate of drug-likeness (QED) is 0.403. The first-order chi connectivity index (χ1) is 16.7. The first kappa shape index (κ1) is 24.6. The average Bonchev–Trinajstić information content (AvgIpc) is 2.83. The number of methoxy groups -OCH3 is 1. The molecule has 0 atom stereocenters. The second kappa shape index (κ2) is 10.0. The molecule has 11 heteroatoms. The Balaban J connectivity index is 1.70. The zero-order chi connectivity index (χ0) is 25.2.